The van der Waals surface area contributed by atoms with Gasteiger partial charge in [-0.05, 0) is 38.0 Å². The van der Waals surface area contributed by atoms with E-state index in [0.29, 0.717) is 25.6 Å². The van der Waals surface area contributed by atoms with Crippen molar-refractivity contribution in [3.05, 3.63) is 17.2 Å². The maximum Gasteiger partial charge on any atom is 0.374 e. The first-order valence-corrected chi connectivity index (χ1v) is 16.8. The van der Waals surface area contributed by atoms with Crippen LogP contribution in [0.5, 0.6) is 0 Å². The third-order valence-corrected chi connectivity index (χ3v) is 11.5. The lowest BCUT2D eigenvalue weighted by molar-refractivity contribution is 0.0456. The van der Waals surface area contributed by atoms with Crippen LogP contribution < -0.4 is 0 Å². The van der Waals surface area contributed by atoms with E-state index in [9.17, 15) is 4.79 Å². The van der Waals surface area contributed by atoms with Gasteiger partial charge in [-0.1, -0.05) is 40.4 Å². The van der Waals surface area contributed by atoms with E-state index in [1.165, 1.54) is 0 Å². The van der Waals surface area contributed by atoms with Gasteiger partial charge in [0.2, 0.25) is 5.82 Å². The zero-order valence-electron chi connectivity index (χ0n) is 19.6. The third kappa shape index (κ3) is 7.13. The van der Waals surface area contributed by atoms with E-state index in [2.05, 4.69) is 58.5 Å². The smallest absolute Gasteiger partial charge is 0.374 e. The van der Waals surface area contributed by atoms with Crippen LogP contribution in [0.15, 0.2) is 0 Å². The molecule has 0 atom stereocenters. The number of esters is 1. The number of imidazole rings is 1. The summed E-state index contributed by atoms with van der Waals surface area (Å²) < 4.78 is 19.3. The van der Waals surface area contributed by atoms with E-state index >= 15 is 0 Å². The lowest BCUT2D eigenvalue weighted by atomic mass is 10.2. The molecule has 28 heavy (non-hydrogen) atoms. The predicted molar refractivity (Wildman–Crippen MR) is 119 cm³/mol. The maximum atomic E-state index is 12.4. The molecule has 1 aromatic rings. The van der Waals surface area contributed by atoms with Gasteiger partial charge in [0.1, 0.15) is 6.73 Å². The SMILES string of the molecule is CCOC(=O)c1nc(C)c(CO[Si](C)(C)C(C)(C)C)n1COCC[Si](C)(C)C. The van der Waals surface area contributed by atoms with Crippen molar-refractivity contribution in [2.75, 3.05) is 13.2 Å². The van der Waals surface area contributed by atoms with Crippen molar-refractivity contribution in [2.45, 2.75) is 91.8 Å². The van der Waals surface area contributed by atoms with Crippen molar-refractivity contribution in [1.29, 1.82) is 0 Å². The summed E-state index contributed by atoms with van der Waals surface area (Å²) in [6.45, 7) is 23.5. The number of nitrogens with zero attached hydrogens (tertiary/aromatic N) is 2. The van der Waals surface area contributed by atoms with Crippen LogP contribution in [0.25, 0.3) is 0 Å². The molecule has 8 heteroatoms. The van der Waals surface area contributed by atoms with Gasteiger partial charge in [0.25, 0.3) is 0 Å². The van der Waals surface area contributed by atoms with Gasteiger partial charge >= 0.3 is 5.97 Å². The van der Waals surface area contributed by atoms with Gasteiger partial charge in [-0.25, -0.2) is 9.78 Å². The molecule has 0 radical (unpaired) electrons. The Kier molecular flexibility index (Phi) is 8.68. The van der Waals surface area contributed by atoms with Gasteiger partial charge < -0.3 is 13.9 Å². The molecule has 0 aliphatic heterocycles. The minimum atomic E-state index is -1.92. The van der Waals surface area contributed by atoms with Crippen molar-refractivity contribution in [2.24, 2.45) is 0 Å². The predicted octanol–water partition coefficient (Wildman–Crippen LogP) is 5.20. The lowest BCUT2D eigenvalue weighted by Gasteiger charge is -2.36. The van der Waals surface area contributed by atoms with Gasteiger partial charge in [0.05, 0.1) is 24.6 Å². The first-order valence-electron chi connectivity index (χ1n) is 10.1. The minimum absolute atomic E-state index is 0.115. The molecule has 1 rings (SSSR count). The molecule has 1 heterocycles. The normalized spacial score (nSPS) is 13.1. The Bertz CT molecular complexity index is 658. The number of carbonyl (C=O) groups is 1. The van der Waals surface area contributed by atoms with Gasteiger partial charge in [-0.15, -0.1) is 0 Å². The van der Waals surface area contributed by atoms with Crippen LogP contribution in [-0.2, 0) is 27.2 Å². The highest BCUT2D eigenvalue weighted by atomic mass is 28.4. The molecule has 162 valence electrons. The first kappa shape index (κ1) is 25.1. The molecule has 0 spiro atoms. The monoisotopic (exact) mass is 428 g/mol. The minimum Gasteiger partial charge on any atom is -0.460 e. The Morgan fingerprint density at radius 2 is 1.75 bits per heavy atom. The van der Waals surface area contributed by atoms with Crippen LogP contribution in [0.2, 0.25) is 43.8 Å². The molecular formula is C20H40N2O4Si2. The molecule has 0 fully saturated rings. The number of hydrogen-bond acceptors (Lipinski definition) is 5. The number of aromatic nitrogens is 2. The lowest BCUT2D eigenvalue weighted by Crippen LogP contribution is -2.40. The van der Waals surface area contributed by atoms with Gasteiger partial charge in [0, 0.05) is 14.7 Å². The Morgan fingerprint density at radius 1 is 1.14 bits per heavy atom. The van der Waals surface area contributed by atoms with Crippen LogP contribution in [0.4, 0.5) is 0 Å². The number of ether oxygens (including phenoxy) is 2. The highest BCUT2D eigenvalue weighted by molar-refractivity contribution is 6.76. The fourth-order valence-electron chi connectivity index (χ4n) is 2.28. The molecule has 0 unspecified atom stereocenters. The first-order chi connectivity index (χ1) is 12.7. The molecule has 0 aliphatic carbocycles. The Hall–Kier alpha value is -0.966. The summed E-state index contributed by atoms with van der Waals surface area (Å²) in [5, 5.41) is 0.115. The zero-order chi connectivity index (χ0) is 21.8. The molecule has 0 saturated heterocycles. The topological polar surface area (TPSA) is 62.6 Å². The number of carbonyl (C=O) groups excluding carboxylic acids is 1. The summed E-state index contributed by atoms with van der Waals surface area (Å²) in [6.07, 6.45) is 0. The van der Waals surface area contributed by atoms with Gasteiger partial charge in [0.15, 0.2) is 8.32 Å². The maximum absolute atomic E-state index is 12.4. The van der Waals surface area contributed by atoms with Gasteiger partial charge in [-0.2, -0.15) is 0 Å². The van der Waals surface area contributed by atoms with E-state index in [4.69, 9.17) is 13.9 Å². The second-order valence-corrected chi connectivity index (χ2v) is 20.4. The fraction of sp³-hybridized carbons (Fsp3) is 0.800. The van der Waals surface area contributed by atoms with Crippen LogP contribution >= 0.6 is 0 Å². The molecule has 0 N–H and O–H groups in total. The van der Waals surface area contributed by atoms with Crippen molar-refractivity contribution >= 4 is 22.4 Å². The van der Waals surface area contributed by atoms with Crippen molar-refractivity contribution in [3.63, 3.8) is 0 Å². The largest absolute Gasteiger partial charge is 0.460 e. The van der Waals surface area contributed by atoms with Crippen molar-refractivity contribution < 1.29 is 18.7 Å². The highest BCUT2D eigenvalue weighted by Crippen LogP contribution is 2.37. The molecule has 0 aliphatic rings. The van der Waals surface area contributed by atoms with E-state index in [0.717, 1.165) is 17.4 Å². The molecule has 0 saturated carbocycles. The average molecular weight is 429 g/mol. The molecule has 1 aromatic heterocycles. The number of aryl methyl sites for hydroxylation is 1. The second-order valence-electron chi connectivity index (χ2n) is 10.0. The Labute approximate surface area is 173 Å². The van der Waals surface area contributed by atoms with E-state index in [-0.39, 0.29) is 11.8 Å². The molecule has 0 amide bonds. The van der Waals surface area contributed by atoms with Gasteiger partial charge in [-0.3, -0.25) is 4.57 Å². The van der Waals surface area contributed by atoms with Crippen LogP contribution in [0, 0.1) is 6.92 Å². The number of hydrogen-bond donors (Lipinski definition) is 0. The van der Waals surface area contributed by atoms with Crippen LogP contribution in [-0.4, -0.2) is 45.1 Å². The zero-order valence-corrected chi connectivity index (χ0v) is 21.6. The molecule has 6 nitrogen and oxygen atoms in total. The summed E-state index contributed by atoms with van der Waals surface area (Å²) >= 11 is 0. The average Bonchev–Trinajstić information content (AvgIpc) is 2.84. The van der Waals surface area contributed by atoms with Crippen LogP contribution in [0.1, 0.15) is 49.7 Å². The Balaban J connectivity index is 3.05. The van der Waals surface area contributed by atoms with Crippen molar-refractivity contribution in [3.8, 4) is 0 Å². The van der Waals surface area contributed by atoms with Crippen molar-refractivity contribution in [1.82, 2.24) is 9.55 Å². The summed E-state index contributed by atoms with van der Waals surface area (Å²) in [5.74, 6) is -0.126. The third-order valence-electron chi connectivity index (χ3n) is 5.32. The summed E-state index contributed by atoms with van der Waals surface area (Å²) in [4.78, 5) is 16.9. The second kappa shape index (κ2) is 9.69. The Morgan fingerprint density at radius 3 is 2.25 bits per heavy atom. The number of rotatable bonds is 10. The summed E-state index contributed by atoms with van der Waals surface area (Å²) in [6, 6.07) is 1.07. The molecule has 0 bridgehead atoms. The van der Waals surface area contributed by atoms with E-state index < -0.39 is 22.4 Å². The highest BCUT2D eigenvalue weighted by Gasteiger charge is 2.37. The van der Waals surface area contributed by atoms with E-state index in [1.54, 1.807) is 6.92 Å². The summed E-state index contributed by atoms with van der Waals surface area (Å²) in [5.41, 5.74) is 1.68. The van der Waals surface area contributed by atoms with E-state index in [1.807, 2.05) is 11.5 Å². The molecule has 0 aromatic carbocycles. The summed E-state index contributed by atoms with van der Waals surface area (Å²) in [7, 11) is -3.10. The molecular weight excluding hydrogens is 388 g/mol. The quantitative estimate of drug-likeness (QED) is 0.291. The standard InChI is InChI=1S/C20H40N2O4Si2/c1-11-25-19(23)18-21-16(2)17(14-26-28(9,10)20(3,4)5)22(18)15-24-12-13-27(6,7)8/h11-15H2,1-10H3. The fourth-order valence-corrected chi connectivity index (χ4v) is 3.97. The van der Waals surface area contributed by atoms with Crippen LogP contribution in [0.3, 0.4) is 0 Å².